The molecule has 2 heterocycles. The topological polar surface area (TPSA) is 109 Å². The van der Waals surface area contributed by atoms with Gasteiger partial charge < -0.3 is 10.1 Å². The van der Waals surface area contributed by atoms with E-state index in [1.165, 1.54) is 17.4 Å². The van der Waals surface area contributed by atoms with Crippen molar-refractivity contribution in [2.24, 2.45) is 0 Å². The minimum atomic E-state index is -0.561. The quantitative estimate of drug-likeness (QED) is 0.422. The minimum absolute atomic E-state index is 0.172. The fraction of sp³-hybridized carbons (Fsp3) is 0.391. The van der Waals surface area contributed by atoms with Crippen molar-refractivity contribution in [3.05, 3.63) is 52.9 Å². The Morgan fingerprint density at radius 3 is 2.91 bits per heavy atom. The largest absolute Gasteiger partial charge is 0.446 e. The van der Waals surface area contributed by atoms with Gasteiger partial charge in [-0.05, 0) is 49.3 Å². The fourth-order valence-corrected chi connectivity index (χ4v) is 4.80. The Balaban J connectivity index is 1.27. The van der Waals surface area contributed by atoms with E-state index < -0.39 is 12.1 Å². The van der Waals surface area contributed by atoms with E-state index in [-0.39, 0.29) is 36.1 Å². The Labute approximate surface area is 194 Å². The normalized spacial score (nSPS) is 23.4. The number of fused-ring (bicyclic) bond motifs is 1. The number of carbonyl (C=O) groups is 3. The van der Waals surface area contributed by atoms with E-state index in [1.807, 2.05) is 0 Å². The average molecular weight is 473 g/mol. The van der Waals surface area contributed by atoms with Crippen molar-refractivity contribution in [1.82, 2.24) is 20.9 Å². The number of imide groups is 1. The van der Waals surface area contributed by atoms with Crippen LogP contribution in [0.4, 0.5) is 9.18 Å². The van der Waals surface area contributed by atoms with Crippen LogP contribution in [-0.2, 0) is 14.3 Å². The average Bonchev–Trinajstić information content (AvgIpc) is 3.24. The van der Waals surface area contributed by atoms with Crippen LogP contribution in [0.15, 0.2) is 41.6 Å². The number of benzene rings is 1. The van der Waals surface area contributed by atoms with E-state index >= 15 is 0 Å². The van der Waals surface area contributed by atoms with Crippen LogP contribution in [0.5, 0.6) is 0 Å². The van der Waals surface area contributed by atoms with Crippen LogP contribution in [0.2, 0.25) is 0 Å². The molecule has 2 aromatic rings. The maximum Gasteiger partial charge on any atom is 0.411 e. The molecule has 4 rings (SSSR count). The van der Waals surface area contributed by atoms with E-state index in [4.69, 9.17) is 4.74 Å². The van der Waals surface area contributed by atoms with Gasteiger partial charge in [0.2, 0.25) is 11.8 Å². The van der Waals surface area contributed by atoms with Crippen molar-refractivity contribution in [3.63, 3.8) is 0 Å². The number of piperidine rings is 1. The number of ether oxygens (including phenoxy) is 1. The summed E-state index contributed by atoms with van der Waals surface area (Å²) in [4.78, 5) is 39.8. The van der Waals surface area contributed by atoms with Gasteiger partial charge in [-0.3, -0.25) is 20.2 Å². The molecule has 2 fully saturated rings. The lowest BCUT2D eigenvalue weighted by atomic mass is 9.77. The summed E-state index contributed by atoms with van der Waals surface area (Å²) in [6, 6.07) is 2.75. The summed E-state index contributed by atoms with van der Waals surface area (Å²) < 4.78 is 20.0. The molecule has 0 radical (unpaired) electrons. The van der Waals surface area contributed by atoms with Gasteiger partial charge in [0.15, 0.2) is 0 Å². The minimum Gasteiger partial charge on any atom is -0.446 e. The molecule has 0 spiro atoms. The van der Waals surface area contributed by atoms with E-state index in [0.717, 1.165) is 5.56 Å². The number of aromatic nitrogens is 1. The molecule has 1 aliphatic carbocycles. The lowest BCUT2D eigenvalue weighted by Gasteiger charge is -2.35. The zero-order chi connectivity index (χ0) is 23.5. The van der Waals surface area contributed by atoms with Crippen LogP contribution >= 0.6 is 11.3 Å². The van der Waals surface area contributed by atoms with Gasteiger partial charge in [-0.1, -0.05) is 18.7 Å². The predicted molar refractivity (Wildman–Crippen MR) is 122 cm³/mol. The van der Waals surface area contributed by atoms with Gasteiger partial charge in [0.1, 0.15) is 11.9 Å². The molecule has 1 aromatic heterocycles. The lowest BCUT2D eigenvalue weighted by molar-refractivity contribution is -0.134. The summed E-state index contributed by atoms with van der Waals surface area (Å²) in [5, 5.41) is 8.10. The number of nitrogens with zero attached hydrogens (tertiary/aromatic N) is 1. The molecule has 0 bridgehead atoms. The Morgan fingerprint density at radius 1 is 1.39 bits per heavy atom. The first kappa shape index (κ1) is 23.1. The van der Waals surface area contributed by atoms with Crippen molar-refractivity contribution < 1.29 is 23.5 Å². The number of nitrogens with one attached hydrogen (secondary N) is 3. The standard InChI is InChI=1S/C23H25FN4O4S/c1-3-13(10-25-18-6-7-19(29)28-22(18)30)12(2)27-23(31)32-15-8-14(9-15)16-4-5-17(24)21-20(16)26-11-33-21/h3-5,11,14-15,18,25H,1,6-10H2,2H3,(H,27,31)(H,28,29,30)/b13-12+. The number of carbonyl (C=O) groups excluding carboxylic acids is 3. The van der Waals surface area contributed by atoms with Crippen molar-refractivity contribution >= 4 is 39.5 Å². The number of hydrogen-bond acceptors (Lipinski definition) is 7. The summed E-state index contributed by atoms with van der Waals surface area (Å²) in [6.07, 6.45) is 2.83. The Kier molecular flexibility index (Phi) is 6.85. The zero-order valence-electron chi connectivity index (χ0n) is 18.2. The second-order valence-electron chi connectivity index (χ2n) is 8.23. The summed E-state index contributed by atoms with van der Waals surface area (Å²) in [7, 11) is 0. The molecule has 1 aliphatic heterocycles. The fourth-order valence-electron chi connectivity index (χ4n) is 4.08. The summed E-state index contributed by atoms with van der Waals surface area (Å²) >= 11 is 1.28. The highest BCUT2D eigenvalue weighted by Crippen LogP contribution is 2.42. The van der Waals surface area contributed by atoms with Crippen LogP contribution in [0.3, 0.4) is 0 Å². The molecule has 1 atom stereocenters. The SMILES string of the molecule is C=C/C(CNC1CCC(=O)NC1=O)=C(/C)NC(=O)OC1CC(c2ccc(F)c3scnc23)C1. The monoisotopic (exact) mass is 472 g/mol. The van der Waals surface area contributed by atoms with E-state index in [1.54, 1.807) is 24.6 Å². The Morgan fingerprint density at radius 2 is 2.18 bits per heavy atom. The molecule has 3 amide bonds. The van der Waals surface area contributed by atoms with Crippen molar-refractivity contribution in [2.75, 3.05) is 6.54 Å². The molecule has 1 aromatic carbocycles. The maximum absolute atomic E-state index is 13.9. The van der Waals surface area contributed by atoms with E-state index in [0.29, 0.717) is 47.3 Å². The highest BCUT2D eigenvalue weighted by molar-refractivity contribution is 7.16. The van der Waals surface area contributed by atoms with Gasteiger partial charge in [0.05, 0.1) is 21.8 Å². The molecule has 33 heavy (non-hydrogen) atoms. The maximum atomic E-state index is 13.9. The second-order valence-corrected chi connectivity index (χ2v) is 9.08. The molecule has 174 valence electrons. The Bertz CT molecular complexity index is 1140. The molecule has 1 saturated heterocycles. The third kappa shape index (κ3) is 5.12. The molecule has 10 heteroatoms. The Hall–Kier alpha value is -3.11. The first-order valence-corrected chi connectivity index (χ1v) is 11.6. The van der Waals surface area contributed by atoms with E-state index in [9.17, 15) is 18.8 Å². The summed E-state index contributed by atoms with van der Waals surface area (Å²) in [6.45, 7) is 5.80. The van der Waals surface area contributed by atoms with Crippen LogP contribution < -0.4 is 16.0 Å². The van der Waals surface area contributed by atoms with Gasteiger partial charge >= 0.3 is 6.09 Å². The summed E-state index contributed by atoms with van der Waals surface area (Å²) in [5.74, 6) is -0.719. The smallest absolute Gasteiger partial charge is 0.411 e. The van der Waals surface area contributed by atoms with Gasteiger partial charge in [0.25, 0.3) is 0 Å². The molecular formula is C23H25FN4O4S. The van der Waals surface area contributed by atoms with Crippen molar-refractivity contribution in [3.8, 4) is 0 Å². The molecule has 1 saturated carbocycles. The summed E-state index contributed by atoms with van der Waals surface area (Å²) in [5.41, 5.74) is 4.58. The van der Waals surface area contributed by atoms with Crippen molar-refractivity contribution in [2.45, 2.75) is 50.7 Å². The number of hydrogen-bond donors (Lipinski definition) is 3. The molecule has 2 aliphatic rings. The van der Waals surface area contributed by atoms with Gasteiger partial charge in [-0.2, -0.15) is 0 Å². The highest BCUT2D eigenvalue weighted by atomic mass is 32.1. The number of allylic oxidation sites excluding steroid dienone is 1. The number of halogens is 1. The molecule has 3 N–H and O–H groups in total. The van der Waals surface area contributed by atoms with Gasteiger partial charge in [-0.15, -0.1) is 11.3 Å². The lowest BCUT2D eigenvalue weighted by Crippen LogP contribution is -2.51. The molecule has 8 nitrogen and oxygen atoms in total. The molecular weight excluding hydrogens is 447 g/mol. The highest BCUT2D eigenvalue weighted by Gasteiger charge is 2.35. The van der Waals surface area contributed by atoms with Crippen LogP contribution in [0.1, 0.15) is 44.1 Å². The van der Waals surface area contributed by atoms with Crippen LogP contribution in [0.25, 0.3) is 10.2 Å². The third-order valence-electron chi connectivity index (χ3n) is 6.07. The first-order valence-electron chi connectivity index (χ1n) is 10.7. The first-order chi connectivity index (χ1) is 15.9. The van der Waals surface area contributed by atoms with Crippen LogP contribution in [-0.4, -0.2) is 41.6 Å². The zero-order valence-corrected chi connectivity index (χ0v) is 19.0. The third-order valence-corrected chi connectivity index (χ3v) is 6.91. The number of amides is 3. The number of thiazole rings is 1. The predicted octanol–water partition coefficient (Wildman–Crippen LogP) is 3.26. The van der Waals surface area contributed by atoms with Crippen molar-refractivity contribution in [1.29, 1.82) is 0 Å². The van der Waals surface area contributed by atoms with Gasteiger partial charge in [-0.25, -0.2) is 14.2 Å². The van der Waals surface area contributed by atoms with Gasteiger partial charge in [0, 0.05) is 18.7 Å². The second kappa shape index (κ2) is 9.80. The number of rotatable bonds is 7. The van der Waals surface area contributed by atoms with Crippen LogP contribution in [0, 0.1) is 5.82 Å². The van der Waals surface area contributed by atoms with E-state index in [2.05, 4.69) is 27.5 Å². The number of alkyl carbamates (subject to hydrolysis) is 1. The molecule has 1 unspecified atom stereocenters.